The van der Waals surface area contributed by atoms with E-state index < -0.39 is 0 Å². The van der Waals surface area contributed by atoms with Crippen LogP contribution in [-0.2, 0) is 6.42 Å². The Kier molecular flexibility index (Phi) is 3.99. The molecule has 2 N–H and O–H groups in total. The van der Waals surface area contributed by atoms with Crippen LogP contribution in [0.5, 0.6) is 5.75 Å². The molecule has 0 heterocycles. The molecule has 0 radical (unpaired) electrons. The average molecular weight is 189 g/mol. The van der Waals surface area contributed by atoms with Gasteiger partial charge < -0.3 is 10.5 Å². The highest BCUT2D eigenvalue weighted by molar-refractivity contribution is 5.36. The van der Waals surface area contributed by atoms with Crippen molar-refractivity contribution in [1.29, 1.82) is 0 Å². The van der Waals surface area contributed by atoms with Crippen LogP contribution in [0.3, 0.4) is 0 Å². The minimum atomic E-state index is 0.488. The molecule has 0 aliphatic carbocycles. The van der Waals surface area contributed by atoms with E-state index in [0.717, 1.165) is 23.3 Å². The molecule has 0 saturated carbocycles. The molecule has 2 nitrogen and oxygen atoms in total. The molecule has 0 amide bonds. The molecule has 0 atom stereocenters. The van der Waals surface area contributed by atoms with Gasteiger partial charge in [-0.15, -0.1) is 5.73 Å². The molecule has 0 fully saturated rings. The quantitative estimate of drug-likeness (QED) is 0.734. The highest BCUT2D eigenvalue weighted by Crippen LogP contribution is 2.19. The van der Waals surface area contributed by atoms with E-state index in [9.17, 15) is 0 Å². The molecule has 1 rings (SSSR count). The SMILES string of the molecule is C=C=C(CN)Cc1ccccc1OC. The number of benzene rings is 1. The van der Waals surface area contributed by atoms with Gasteiger partial charge in [-0.2, -0.15) is 0 Å². The molecule has 0 saturated heterocycles. The van der Waals surface area contributed by atoms with Crippen LogP contribution in [-0.4, -0.2) is 13.7 Å². The van der Waals surface area contributed by atoms with Gasteiger partial charge in [0, 0.05) is 13.0 Å². The van der Waals surface area contributed by atoms with Crippen LogP contribution in [0.15, 0.2) is 42.1 Å². The molecule has 14 heavy (non-hydrogen) atoms. The predicted molar refractivity (Wildman–Crippen MR) is 58.4 cm³/mol. The lowest BCUT2D eigenvalue weighted by atomic mass is 10.1. The number of methoxy groups -OCH3 is 1. The summed E-state index contributed by atoms with van der Waals surface area (Å²) in [6.45, 7) is 4.09. The Bertz CT molecular complexity index is 351. The van der Waals surface area contributed by atoms with Crippen LogP contribution in [0, 0.1) is 0 Å². The van der Waals surface area contributed by atoms with Gasteiger partial charge in [-0.1, -0.05) is 24.8 Å². The van der Waals surface area contributed by atoms with Gasteiger partial charge in [0.05, 0.1) is 7.11 Å². The molecular formula is C12H15NO. The fraction of sp³-hybridized carbons (Fsp3) is 0.250. The summed E-state index contributed by atoms with van der Waals surface area (Å²) >= 11 is 0. The maximum atomic E-state index is 5.54. The van der Waals surface area contributed by atoms with E-state index in [-0.39, 0.29) is 0 Å². The largest absolute Gasteiger partial charge is 0.496 e. The third-order valence-corrected chi connectivity index (χ3v) is 2.09. The molecule has 0 spiro atoms. The van der Waals surface area contributed by atoms with Gasteiger partial charge in [0.2, 0.25) is 0 Å². The highest BCUT2D eigenvalue weighted by Gasteiger charge is 2.03. The molecule has 1 aromatic carbocycles. The lowest BCUT2D eigenvalue weighted by molar-refractivity contribution is 0.410. The summed E-state index contributed by atoms with van der Waals surface area (Å²) in [6.07, 6.45) is 0.754. The minimum absolute atomic E-state index is 0.488. The van der Waals surface area contributed by atoms with Crippen LogP contribution >= 0.6 is 0 Å². The number of hydrogen-bond acceptors (Lipinski definition) is 2. The lowest BCUT2D eigenvalue weighted by Gasteiger charge is -2.08. The summed E-state index contributed by atoms with van der Waals surface area (Å²) in [7, 11) is 1.67. The topological polar surface area (TPSA) is 35.2 Å². The van der Waals surface area contributed by atoms with E-state index in [4.69, 9.17) is 10.5 Å². The van der Waals surface area contributed by atoms with Crippen molar-refractivity contribution in [3.63, 3.8) is 0 Å². The normalized spacial score (nSPS) is 9.29. The van der Waals surface area contributed by atoms with E-state index in [1.165, 1.54) is 0 Å². The van der Waals surface area contributed by atoms with Gasteiger partial charge in [0.25, 0.3) is 0 Å². The van der Waals surface area contributed by atoms with E-state index in [2.05, 4.69) is 12.3 Å². The Morgan fingerprint density at radius 3 is 2.79 bits per heavy atom. The van der Waals surface area contributed by atoms with Crippen LogP contribution in [0.1, 0.15) is 5.56 Å². The second kappa shape index (κ2) is 5.28. The number of para-hydroxylation sites is 1. The molecule has 0 aliphatic rings. The lowest BCUT2D eigenvalue weighted by Crippen LogP contribution is -2.05. The average Bonchev–Trinajstić information content (AvgIpc) is 2.26. The van der Waals surface area contributed by atoms with Crippen molar-refractivity contribution in [3.05, 3.63) is 47.7 Å². The number of nitrogens with two attached hydrogens (primary N) is 1. The molecule has 0 aliphatic heterocycles. The fourth-order valence-electron chi connectivity index (χ4n) is 1.29. The maximum absolute atomic E-state index is 5.54. The molecule has 2 heteroatoms. The van der Waals surface area contributed by atoms with Gasteiger partial charge in [0.15, 0.2) is 0 Å². The van der Waals surface area contributed by atoms with Crippen LogP contribution in [0.4, 0.5) is 0 Å². The molecule has 0 bridgehead atoms. The summed E-state index contributed by atoms with van der Waals surface area (Å²) < 4.78 is 5.23. The van der Waals surface area contributed by atoms with Crippen molar-refractivity contribution in [1.82, 2.24) is 0 Å². The van der Waals surface area contributed by atoms with Crippen molar-refractivity contribution in [2.24, 2.45) is 5.73 Å². The molecule has 1 aromatic rings. The van der Waals surface area contributed by atoms with Gasteiger partial charge in [-0.25, -0.2) is 0 Å². The van der Waals surface area contributed by atoms with E-state index in [1.807, 2.05) is 24.3 Å². The third kappa shape index (κ3) is 2.49. The van der Waals surface area contributed by atoms with Gasteiger partial charge in [0.1, 0.15) is 5.75 Å². The maximum Gasteiger partial charge on any atom is 0.122 e. The first-order chi connectivity index (χ1) is 6.81. The fourth-order valence-corrected chi connectivity index (χ4v) is 1.29. The molecule has 0 aromatic heterocycles. The standard InChI is InChI=1S/C12H15NO/c1-3-10(9-13)8-11-6-4-5-7-12(11)14-2/h4-7H,1,8-9,13H2,2H3. The minimum Gasteiger partial charge on any atom is -0.496 e. The van der Waals surface area contributed by atoms with Crippen molar-refractivity contribution in [2.45, 2.75) is 6.42 Å². The van der Waals surface area contributed by atoms with E-state index in [0.29, 0.717) is 6.54 Å². The zero-order chi connectivity index (χ0) is 10.4. The number of hydrogen-bond donors (Lipinski definition) is 1. The van der Waals surface area contributed by atoms with Crippen LogP contribution in [0.2, 0.25) is 0 Å². The van der Waals surface area contributed by atoms with Crippen molar-refractivity contribution < 1.29 is 4.74 Å². The van der Waals surface area contributed by atoms with Gasteiger partial charge in [-0.3, -0.25) is 0 Å². The van der Waals surface area contributed by atoms with E-state index in [1.54, 1.807) is 7.11 Å². The smallest absolute Gasteiger partial charge is 0.122 e. The predicted octanol–water partition coefficient (Wildman–Crippen LogP) is 1.91. The van der Waals surface area contributed by atoms with Crippen LogP contribution in [0.25, 0.3) is 0 Å². The zero-order valence-corrected chi connectivity index (χ0v) is 8.42. The third-order valence-electron chi connectivity index (χ3n) is 2.09. The Balaban J connectivity index is 2.90. The summed E-state index contributed by atoms with van der Waals surface area (Å²) in [5.41, 5.74) is 10.5. The molecule has 0 unspecified atom stereocenters. The Labute approximate surface area is 84.7 Å². The van der Waals surface area contributed by atoms with Gasteiger partial charge in [-0.05, 0) is 17.2 Å². The number of rotatable bonds is 4. The summed E-state index contributed by atoms with van der Waals surface area (Å²) in [5, 5.41) is 0. The Morgan fingerprint density at radius 1 is 1.50 bits per heavy atom. The Hall–Kier alpha value is -1.50. The summed E-state index contributed by atoms with van der Waals surface area (Å²) in [6, 6.07) is 7.88. The zero-order valence-electron chi connectivity index (χ0n) is 8.42. The van der Waals surface area contributed by atoms with Crippen molar-refractivity contribution in [2.75, 3.05) is 13.7 Å². The first-order valence-electron chi connectivity index (χ1n) is 4.51. The van der Waals surface area contributed by atoms with Crippen LogP contribution < -0.4 is 10.5 Å². The second-order valence-corrected chi connectivity index (χ2v) is 2.97. The van der Waals surface area contributed by atoms with Crippen molar-refractivity contribution in [3.8, 4) is 5.75 Å². The van der Waals surface area contributed by atoms with Crippen molar-refractivity contribution >= 4 is 0 Å². The molecule has 74 valence electrons. The monoisotopic (exact) mass is 189 g/mol. The first kappa shape index (κ1) is 10.6. The summed E-state index contributed by atoms with van der Waals surface area (Å²) in [4.78, 5) is 0. The van der Waals surface area contributed by atoms with E-state index >= 15 is 0 Å². The Morgan fingerprint density at radius 2 is 2.21 bits per heavy atom. The number of ether oxygens (including phenoxy) is 1. The van der Waals surface area contributed by atoms with Gasteiger partial charge >= 0.3 is 0 Å². The summed E-state index contributed by atoms with van der Waals surface area (Å²) in [5.74, 6) is 0.883. The highest BCUT2D eigenvalue weighted by atomic mass is 16.5. The molecular weight excluding hydrogens is 174 g/mol. The first-order valence-corrected chi connectivity index (χ1v) is 4.51. The second-order valence-electron chi connectivity index (χ2n) is 2.97.